The van der Waals surface area contributed by atoms with Crippen LogP contribution in [0.2, 0.25) is 5.02 Å². The van der Waals surface area contributed by atoms with E-state index >= 15 is 0 Å². The second kappa shape index (κ2) is 12.6. The number of nitrogen functional groups attached to an aromatic ring is 1. The van der Waals surface area contributed by atoms with Crippen molar-refractivity contribution < 1.29 is 23.8 Å². The number of hydrogen-bond donors (Lipinski definition) is 2. The second-order valence-electron chi connectivity index (χ2n) is 10.8. The van der Waals surface area contributed by atoms with Crippen LogP contribution in [0.3, 0.4) is 0 Å². The fourth-order valence-corrected chi connectivity index (χ4v) is 5.93. The van der Waals surface area contributed by atoms with Crippen LogP contribution in [0, 0.1) is 5.92 Å². The molecule has 1 aliphatic heterocycles. The molecule has 2 atom stereocenters. The van der Waals surface area contributed by atoms with Gasteiger partial charge in [0, 0.05) is 30.6 Å². The fraction of sp³-hybridized carbons (Fsp3) is 0.519. The van der Waals surface area contributed by atoms with Crippen molar-refractivity contribution in [2.45, 2.75) is 68.8 Å². The van der Waals surface area contributed by atoms with E-state index in [4.69, 9.17) is 36.5 Å². The van der Waals surface area contributed by atoms with Gasteiger partial charge in [-0.1, -0.05) is 11.6 Å². The summed E-state index contributed by atoms with van der Waals surface area (Å²) in [6.07, 6.45) is 2.51. The zero-order chi connectivity index (χ0) is 29.9. The molecular formula is C27H36ClN7O5S. The van der Waals surface area contributed by atoms with E-state index in [1.807, 2.05) is 10.6 Å². The van der Waals surface area contributed by atoms with Crippen LogP contribution in [0.4, 0.5) is 10.6 Å². The lowest BCUT2D eigenvalue weighted by Gasteiger charge is -2.35. The molecule has 12 nitrogen and oxygen atoms in total. The number of nitrogens with one attached hydrogen (secondary N) is 1. The molecule has 41 heavy (non-hydrogen) atoms. The summed E-state index contributed by atoms with van der Waals surface area (Å²) in [6.45, 7) is 8.65. The summed E-state index contributed by atoms with van der Waals surface area (Å²) in [7, 11) is 3.11. The summed E-state index contributed by atoms with van der Waals surface area (Å²) in [5.41, 5.74) is 6.58. The Labute approximate surface area is 248 Å². The van der Waals surface area contributed by atoms with Crippen molar-refractivity contribution in [2.24, 2.45) is 5.92 Å². The third kappa shape index (κ3) is 7.25. The SMILES string of the molecule is COc1cc(OC)c(Cl)c(Sc2nc3c(N)ncnc3n2CC2CCCN(C(=O)[C@H](C)NC(=O)OC(C)(C)C)C2)c1. The van der Waals surface area contributed by atoms with Crippen LogP contribution in [0.25, 0.3) is 11.2 Å². The lowest BCUT2D eigenvalue weighted by Crippen LogP contribution is -2.51. The highest BCUT2D eigenvalue weighted by atomic mass is 35.5. The van der Waals surface area contributed by atoms with Gasteiger partial charge < -0.3 is 34.7 Å². The Morgan fingerprint density at radius 3 is 2.68 bits per heavy atom. The third-order valence-corrected chi connectivity index (χ3v) is 8.07. The number of methoxy groups -OCH3 is 2. The van der Waals surface area contributed by atoms with E-state index < -0.39 is 17.7 Å². The number of piperidine rings is 1. The maximum absolute atomic E-state index is 13.2. The minimum Gasteiger partial charge on any atom is -0.497 e. The van der Waals surface area contributed by atoms with Crippen LogP contribution >= 0.6 is 23.4 Å². The molecule has 3 aromatic rings. The van der Waals surface area contributed by atoms with E-state index in [2.05, 4.69) is 15.3 Å². The molecule has 0 bridgehead atoms. The number of anilines is 1. The van der Waals surface area contributed by atoms with E-state index in [1.54, 1.807) is 52.9 Å². The average molecular weight is 606 g/mol. The van der Waals surface area contributed by atoms with Gasteiger partial charge in [0.2, 0.25) is 5.91 Å². The number of nitrogens with two attached hydrogens (primary N) is 1. The first kappa shape index (κ1) is 30.5. The van der Waals surface area contributed by atoms with Gasteiger partial charge >= 0.3 is 6.09 Å². The van der Waals surface area contributed by atoms with Gasteiger partial charge in [-0.05, 0) is 64.3 Å². The van der Waals surface area contributed by atoms with E-state index in [-0.39, 0.29) is 17.6 Å². The summed E-state index contributed by atoms with van der Waals surface area (Å²) in [6, 6.07) is 2.81. The highest BCUT2D eigenvalue weighted by Crippen LogP contribution is 2.42. The maximum Gasteiger partial charge on any atom is 0.408 e. The van der Waals surface area contributed by atoms with E-state index in [0.717, 1.165) is 12.8 Å². The molecule has 0 spiro atoms. The third-order valence-electron chi connectivity index (χ3n) is 6.54. The topological polar surface area (TPSA) is 147 Å². The monoisotopic (exact) mass is 605 g/mol. The van der Waals surface area contributed by atoms with E-state index in [9.17, 15) is 9.59 Å². The van der Waals surface area contributed by atoms with Crippen LogP contribution < -0.4 is 20.5 Å². The highest BCUT2D eigenvalue weighted by Gasteiger charge is 2.30. The smallest absolute Gasteiger partial charge is 0.408 e. The Morgan fingerprint density at radius 2 is 2.00 bits per heavy atom. The van der Waals surface area contributed by atoms with E-state index in [0.29, 0.717) is 57.4 Å². The number of imidazole rings is 1. The molecule has 0 aliphatic carbocycles. The molecule has 0 saturated carbocycles. The molecule has 2 aromatic heterocycles. The molecule has 1 aromatic carbocycles. The predicted molar refractivity (Wildman–Crippen MR) is 157 cm³/mol. The summed E-state index contributed by atoms with van der Waals surface area (Å²) in [4.78, 5) is 41.3. The number of aromatic nitrogens is 4. The summed E-state index contributed by atoms with van der Waals surface area (Å²) in [5, 5.41) is 3.70. The number of rotatable bonds is 8. The van der Waals surface area contributed by atoms with Crippen LogP contribution in [-0.4, -0.2) is 75.4 Å². The van der Waals surface area contributed by atoms with Crippen LogP contribution in [0.15, 0.2) is 28.5 Å². The van der Waals surface area contributed by atoms with Gasteiger partial charge in [0.05, 0.1) is 19.2 Å². The van der Waals surface area contributed by atoms with Gasteiger partial charge in [-0.15, -0.1) is 0 Å². The van der Waals surface area contributed by atoms with Crippen molar-refractivity contribution in [3.8, 4) is 11.5 Å². The number of carbonyl (C=O) groups is 2. The second-order valence-corrected chi connectivity index (χ2v) is 12.2. The number of benzene rings is 1. The average Bonchev–Trinajstić information content (AvgIpc) is 3.26. The van der Waals surface area contributed by atoms with Gasteiger partial charge in [0.25, 0.3) is 0 Å². The largest absolute Gasteiger partial charge is 0.497 e. The van der Waals surface area contributed by atoms with Gasteiger partial charge in [0.1, 0.15) is 29.5 Å². The lowest BCUT2D eigenvalue weighted by molar-refractivity contribution is -0.135. The molecule has 14 heteroatoms. The van der Waals surface area contributed by atoms with Gasteiger partial charge in [-0.3, -0.25) is 4.79 Å². The van der Waals surface area contributed by atoms with Crippen molar-refractivity contribution in [1.82, 2.24) is 29.7 Å². The zero-order valence-electron chi connectivity index (χ0n) is 24.1. The van der Waals surface area contributed by atoms with Crippen molar-refractivity contribution in [3.05, 3.63) is 23.5 Å². The Balaban J connectivity index is 1.57. The van der Waals surface area contributed by atoms with E-state index in [1.165, 1.54) is 18.1 Å². The maximum atomic E-state index is 13.2. The Morgan fingerprint density at radius 1 is 1.24 bits per heavy atom. The number of carbonyl (C=O) groups excluding carboxylic acids is 2. The van der Waals surface area contributed by atoms with Crippen molar-refractivity contribution >= 4 is 52.3 Å². The Bertz CT molecular complexity index is 1430. The van der Waals surface area contributed by atoms with Gasteiger partial charge in [-0.25, -0.2) is 19.7 Å². The minimum atomic E-state index is -0.721. The molecule has 1 fully saturated rings. The van der Waals surface area contributed by atoms with Gasteiger partial charge in [-0.2, -0.15) is 0 Å². The van der Waals surface area contributed by atoms with Crippen LogP contribution in [0.5, 0.6) is 11.5 Å². The standard InChI is InChI=1S/C27H36ClN7O5S/c1-15(32-26(37)40-27(2,3)4)24(36)34-9-7-8-16(12-34)13-35-23-21(22(29)30-14-31-23)33-25(35)41-19-11-17(38-5)10-18(39-6)20(19)28/h10-11,14-16H,7-9,12-13H2,1-6H3,(H,32,37)(H2,29,30,31)/t15-,16?/m0/s1. The number of alkyl carbamates (subject to hydrolysis) is 1. The number of halogens is 1. The molecule has 3 heterocycles. The van der Waals surface area contributed by atoms with Crippen LogP contribution in [-0.2, 0) is 16.1 Å². The Kier molecular flexibility index (Phi) is 9.37. The highest BCUT2D eigenvalue weighted by molar-refractivity contribution is 7.99. The molecule has 2 amide bonds. The number of hydrogen-bond acceptors (Lipinski definition) is 10. The van der Waals surface area contributed by atoms with Crippen molar-refractivity contribution in [2.75, 3.05) is 33.0 Å². The number of nitrogens with zero attached hydrogens (tertiary/aromatic N) is 5. The summed E-state index contributed by atoms with van der Waals surface area (Å²) >= 11 is 7.98. The molecule has 4 rings (SSSR count). The van der Waals surface area contributed by atoms with Crippen LogP contribution in [0.1, 0.15) is 40.5 Å². The normalized spacial score (nSPS) is 16.4. The molecule has 0 radical (unpaired) electrons. The zero-order valence-corrected chi connectivity index (χ0v) is 25.6. The number of ether oxygens (including phenoxy) is 3. The lowest BCUT2D eigenvalue weighted by atomic mass is 9.97. The fourth-order valence-electron chi connectivity index (χ4n) is 4.66. The van der Waals surface area contributed by atoms with Crippen molar-refractivity contribution in [1.29, 1.82) is 0 Å². The number of amides is 2. The number of likely N-dealkylation sites (tertiary alicyclic amines) is 1. The summed E-state index contributed by atoms with van der Waals surface area (Å²) < 4.78 is 18.2. The molecule has 1 unspecified atom stereocenters. The predicted octanol–water partition coefficient (Wildman–Crippen LogP) is 4.38. The quantitative estimate of drug-likeness (QED) is 0.379. The first-order valence-corrected chi connectivity index (χ1v) is 14.4. The minimum absolute atomic E-state index is 0.102. The number of fused-ring (bicyclic) bond motifs is 1. The first-order valence-electron chi connectivity index (χ1n) is 13.2. The Hall–Kier alpha value is -3.45. The molecular weight excluding hydrogens is 570 g/mol. The molecule has 1 aliphatic rings. The van der Waals surface area contributed by atoms with Crippen molar-refractivity contribution in [3.63, 3.8) is 0 Å². The first-order chi connectivity index (χ1) is 19.4. The molecule has 222 valence electrons. The molecule has 1 saturated heterocycles. The molecule has 3 N–H and O–H groups in total. The van der Waals surface area contributed by atoms with Gasteiger partial charge in [0.15, 0.2) is 22.1 Å². The summed E-state index contributed by atoms with van der Waals surface area (Å²) in [5.74, 6) is 1.28.